The van der Waals surface area contributed by atoms with E-state index in [1.54, 1.807) is 0 Å². The van der Waals surface area contributed by atoms with Crippen LogP contribution < -0.4 is 0 Å². The van der Waals surface area contributed by atoms with Crippen molar-refractivity contribution in [2.75, 3.05) is 0 Å². The zero-order valence-electron chi connectivity index (χ0n) is 7.79. The molecule has 1 saturated heterocycles. The van der Waals surface area contributed by atoms with Crippen LogP contribution in [0, 0.1) is 5.41 Å². The highest BCUT2D eigenvalue weighted by molar-refractivity contribution is 4.97. The van der Waals surface area contributed by atoms with Crippen LogP contribution in [-0.4, -0.2) is 23.4 Å². The van der Waals surface area contributed by atoms with E-state index in [2.05, 4.69) is 20.8 Å². The largest absolute Gasteiger partial charge is 0.390 e. The van der Waals surface area contributed by atoms with Crippen LogP contribution in [0.25, 0.3) is 0 Å². The minimum absolute atomic E-state index is 0.0972. The van der Waals surface area contributed by atoms with Crippen molar-refractivity contribution in [2.45, 2.75) is 52.4 Å². The van der Waals surface area contributed by atoms with Crippen molar-refractivity contribution in [2.24, 2.45) is 5.41 Å². The normalized spacial score (nSPS) is 33.5. The highest BCUT2D eigenvalue weighted by Gasteiger charge is 2.50. The van der Waals surface area contributed by atoms with Crippen LogP contribution in [0.15, 0.2) is 0 Å². The van der Waals surface area contributed by atoms with Gasteiger partial charge in [0.2, 0.25) is 0 Å². The van der Waals surface area contributed by atoms with Gasteiger partial charge in [-0.25, -0.2) is 0 Å². The van der Waals surface area contributed by atoms with Gasteiger partial charge >= 0.3 is 0 Å². The van der Waals surface area contributed by atoms with Gasteiger partial charge in [-0.2, -0.15) is 0 Å². The summed E-state index contributed by atoms with van der Waals surface area (Å²) in [6.45, 7) is 8.40. The highest BCUT2D eigenvalue weighted by Crippen LogP contribution is 2.40. The standard InChI is InChI=1S/C9H18O2/c1-5-6(10)7-8(11-7)9(2,3)4/h6-8,10H,5H2,1-4H3/t6-,7?,8?/m1/s1. The average Bonchev–Trinajstić information content (AvgIpc) is 2.62. The minimum atomic E-state index is -0.265. The van der Waals surface area contributed by atoms with E-state index < -0.39 is 0 Å². The maximum absolute atomic E-state index is 9.41. The van der Waals surface area contributed by atoms with Gasteiger partial charge in [-0.1, -0.05) is 27.7 Å². The number of ether oxygens (including phenoxy) is 1. The van der Waals surface area contributed by atoms with Gasteiger partial charge in [0.1, 0.15) is 6.10 Å². The van der Waals surface area contributed by atoms with E-state index in [0.717, 1.165) is 6.42 Å². The quantitative estimate of drug-likeness (QED) is 0.619. The first-order valence-electron chi connectivity index (χ1n) is 4.30. The molecule has 66 valence electrons. The second-order valence-corrected chi connectivity index (χ2v) is 4.36. The summed E-state index contributed by atoms with van der Waals surface area (Å²) in [6.07, 6.45) is 0.883. The summed E-state index contributed by atoms with van der Waals surface area (Å²) in [7, 11) is 0. The fraction of sp³-hybridized carbons (Fsp3) is 1.00. The molecule has 2 unspecified atom stereocenters. The van der Waals surface area contributed by atoms with Crippen LogP contribution >= 0.6 is 0 Å². The molecule has 0 bridgehead atoms. The second-order valence-electron chi connectivity index (χ2n) is 4.36. The summed E-state index contributed by atoms with van der Waals surface area (Å²) in [5.74, 6) is 0. The summed E-state index contributed by atoms with van der Waals surface area (Å²) in [5, 5.41) is 9.41. The number of epoxide rings is 1. The zero-order chi connectivity index (χ0) is 8.65. The number of aliphatic hydroxyl groups excluding tert-OH is 1. The number of hydrogen-bond acceptors (Lipinski definition) is 2. The molecule has 0 aromatic carbocycles. The molecule has 1 aliphatic rings. The Kier molecular flexibility index (Phi) is 2.26. The molecule has 11 heavy (non-hydrogen) atoms. The molecule has 0 aromatic rings. The van der Waals surface area contributed by atoms with Crippen molar-refractivity contribution in [1.82, 2.24) is 0 Å². The lowest BCUT2D eigenvalue weighted by molar-refractivity contribution is 0.131. The van der Waals surface area contributed by atoms with Crippen molar-refractivity contribution in [3.05, 3.63) is 0 Å². The second kappa shape index (κ2) is 2.76. The van der Waals surface area contributed by atoms with Gasteiger partial charge in [-0.05, 0) is 11.8 Å². The Morgan fingerprint density at radius 2 is 2.00 bits per heavy atom. The monoisotopic (exact) mass is 158 g/mol. The summed E-state index contributed by atoms with van der Waals surface area (Å²) in [6, 6.07) is 0. The smallest absolute Gasteiger partial charge is 0.110 e. The maximum Gasteiger partial charge on any atom is 0.110 e. The molecule has 0 radical (unpaired) electrons. The van der Waals surface area contributed by atoms with Crippen LogP contribution in [-0.2, 0) is 4.74 Å². The van der Waals surface area contributed by atoms with Gasteiger partial charge in [0.15, 0.2) is 0 Å². The molecule has 1 N–H and O–H groups in total. The first-order chi connectivity index (χ1) is 4.96. The molecule has 1 rings (SSSR count). The van der Waals surface area contributed by atoms with Crippen LogP contribution in [0.2, 0.25) is 0 Å². The molecule has 2 nitrogen and oxygen atoms in total. The maximum atomic E-state index is 9.41. The summed E-state index contributed by atoms with van der Waals surface area (Å²) < 4.78 is 5.38. The number of hydrogen-bond donors (Lipinski definition) is 1. The number of aliphatic hydroxyl groups is 1. The zero-order valence-corrected chi connectivity index (χ0v) is 7.79. The molecule has 1 aliphatic heterocycles. The Morgan fingerprint density at radius 1 is 1.45 bits per heavy atom. The lowest BCUT2D eigenvalue weighted by Gasteiger charge is -2.15. The van der Waals surface area contributed by atoms with Crippen molar-refractivity contribution < 1.29 is 9.84 Å². The van der Waals surface area contributed by atoms with Gasteiger partial charge in [0.25, 0.3) is 0 Å². The highest BCUT2D eigenvalue weighted by atomic mass is 16.6. The summed E-state index contributed by atoms with van der Waals surface area (Å²) in [4.78, 5) is 0. The molecule has 1 heterocycles. The van der Waals surface area contributed by atoms with E-state index in [-0.39, 0.29) is 23.7 Å². The first-order valence-corrected chi connectivity index (χ1v) is 4.30. The predicted molar refractivity (Wildman–Crippen MR) is 44.4 cm³/mol. The third-order valence-corrected chi connectivity index (χ3v) is 2.18. The van der Waals surface area contributed by atoms with E-state index in [0.29, 0.717) is 0 Å². The molecule has 1 fully saturated rings. The number of rotatable bonds is 2. The summed E-state index contributed by atoms with van der Waals surface area (Å²) in [5.41, 5.74) is 0.181. The van der Waals surface area contributed by atoms with E-state index in [1.165, 1.54) is 0 Å². The van der Waals surface area contributed by atoms with E-state index >= 15 is 0 Å². The Morgan fingerprint density at radius 3 is 2.27 bits per heavy atom. The van der Waals surface area contributed by atoms with Gasteiger partial charge in [0.05, 0.1) is 12.2 Å². The lowest BCUT2D eigenvalue weighted by atomic mass is 9.89. The van der Waals surface area contributed by atoms with E-state index in [4.69, 9.17) is 4.74 Å². The molecule has 0 saturated carbocycles. The molecule has 0 spiro atoms. The van der Waals surface area contributed by atoms with Crippen molar-refractivity contribution in [1.29, 1.82) is 0 Å². The van der Waals surface area contributed by atoms with Crippen molar-refractivity contribution in [3.8, 4) is 0 Å². The molecule has 2 heteroatoms. The molecular formula is C9H18O2. The topological polar surface area (TPSA) is 32.8 Å². The predicted octanol–water partition coefficient (Wildman–Crippen LogP) is 1.57. The Bertz CT molecular complexity index is 137. The Labute approximate surface area is 68.6 Å². The molecule has 3 atom stereocenters. The lowest BCUT2D eigenvalue weighted by Crippen LogP contribution is -2.23. The van der Waals surface area contributed by atoms with Gasteiger partial charge in [-0.3, -0.25) is 0 Å². The Balaban J connectivity index is 2.37. The van der Waals surface area contributed by atoms with Gasteiger partial charge < -0.3 is 9.84 Å². The Hall–Kier alpha value is -0.0800. The van der Waals surface area contributed by atoms with Crippen LogP contribution in [0.4, 0.5) is 0 Å². The van der Waals surface area contributed by atoms with Gasteiger partial charge in [-0.15, -0.1) is 0 Å². The SMILES string of the molecule is CC[C@@H](O)C1OC1C(C)(C)C. The molecule has 0 aromatic heterocycles. The van der Waals surface area contributed by atoms with Crippen molar-refractivity contribution >= 4 is 0 Å². The molecular weight excluding hydrogens is 140 g/mol. The third kappa shape index (κ3) is 1.94. The van der Waals surface area contributed by atoms with Crippen molar-refractivity contribution in [3.63, 3.8) is 0 Å². The van der Waals surface area contributed by atoms with Crippen LogP contribution in [0.5, 0.6) is 0 Å². The fourth-order valence-electron chi connectivity index (χ4n) is 1.35. The minimum Gasteiger partial charge on any atom is -0.390 e. The van der Waals surface area contributed by atoms with Gasteiger partial charge in [0, 0.05) is 0 Å². The van der Waals surface area contributed by atoms with Crippen LogP contribution in [0.1, 0.15) is 34.1 Å². The summed E-state index contributed by atoms with van der Waals surface area (Å²) >= 11 is 0. The third-order valence-electron chi connectivity index (χ3n) is 2.18. The van der Waals surface area contributed by atoms with E-state index in [1.807, 2.05) is 6.92 Å². The molecule has 0 aliphatic carbocycles. The molecule has 0 amide bonds. The van der Waals surface area contributed by atoms with Crippen LogP contribution in [0.3, 0.4) is 0 Å². The fourth-order valence-corrected chi connectivity index (χ4v) is 1.35. The van der Waals surface area contributed by atoms with E-state index in [9.17, 15) is 5.11 Å². The average molecular weight is 158 g/mol. The first kappa shape index (κ1) is 9.01.